The maximum absolute atomic E-state index is 4.25. The van der Waals surface area contributed by atoms with Crippen LogP contribution in [0.15, 0.2) is 253 Å². The van der Waals surface area contributed by atoms with Gasteiger partial charge in [0.2, 0.25) is 0 Å². The molecule has 0 spiro atoms. The first-order valence-electron chi connectivity index (χ1n) is 25.5. The van der Waals surface area contributed by atoms with E-state index in [-0.39, 0.29) is 58.9 Å². The summed E-state index contributed by atoms with van der Waals surface area (Å²) >= 11 is 0. The Morgan fingerprint density at radius 2 is 0.581 bits per heavy atom. The molecule has 10 rings (SSSR count). The van der Waals surface area contributed by atoms with Crippen LogP contribution in [0, 0.1) is 6.08 Å². The fourth-order valence-electron chi connectivity index (χ4n) is 10.9. The molecule has 0 saturated carbocycles. The molecule has 0 heterocycles. The minimum atomic E-state index is -3.26. The Morgan fingerprint density at radius 3 is 0.811 bits per heavy atom. The third kappa shape index (κ3) is 14.3. The molecule has 0 fully saturated rings. The molecule has 0 N–H and O–H groups in total. The van der Waals surface area contributed by atoms with E-state index in [1.807, 2.05) is 0 Å². The summed E-state index contributed by atoms with van der Waals surface area (Å²) in [5.74, 6) is 0. The molecule has 0 unspecified atom stereocenters. The molecule has 1 aliphatic rings. The van der Waals surface area contributed by atoms with Gasteiger partial charge in [-0.1, -0.05) is 263 Å². The van der Waals surface area contributed by atoms with Gasteiger partial charge in [-0.25, -0.2) is 10.8 Å². The number of hydrogen-bond acceptors (Lipinski definition) is 0. The first-order valence-corrected chi connectivity index (χ1v) is 27.5. The van der Waals surface area contributed by atoms with Gasteiger partial charge in [0.25, 0.3) is 0 Å². The number of allylic oxidation sites excluding steroid dienone is 4. The second-order valence-electron chi connectivity index (χ2n) is 19.4. The van der Waals surface area contributed by atoms with Crippen molar-refractivity contribution in [2.24, 2.45) is 0 Å². The smallest absolute Gasteiger partial charge is 1.00 e. The Labute approximate surface area is 476 Å². The minimum Gasteiger partial charge on any atom is -1.00 e. The molecule has 0 atom stereocenters. The van der Waals surface area contributed by atoms with Crippen molar-refractivity contribution in [3.8, 4) is 0 Å². The normalized spacial score (nSPS) is 11.7. The van der Waals surface area contributed by atoms with E-state index >= 15 is 0 Å². The summed E-state index contributed by atoms with van der Waals surface area (Å²) in [5.41, 5.74) is 17.6. The van der Waals surface area contributed by atoms with Crippen molar-refractivity contribution in [3.63, 3.8) is 0 Å². The maximum Gasteiger partial charge on any atom is 4.00 e. The van der Waals surface area contributed by atoms with Gasteiger partial charge in [-0.2, -0.15) is 6.08 Å². The van der Waals surface area contributed by atoms with Gasteiger partial charge in [0.05, 0.1) is 0 Å². The second-order valence-corrected chi connectivity index (χ2v) is 23.2. The van der Waals surface area contributed by atoms with Crippen LogP contribution in [0.3, 0.4) is 0 Å². The summed E-state index contributed by atoms with van der Waals surface area (Å²) in [6.07, 6.45) is 16.2. The fourth-order valence-corrected chi connectivity index (χ4v) is 16.3. The van der Waals surface area contributed by atoms with Gasteiger partial charge in [-0.05, 0) is 121 Å². The van der Waals surface area contributed by atoms with Crippen molar-refractivity contribution < 1.29 is 58.9 Å². The van der Waals surface area contributed by atoms with Crippen LogP contribution in [0.1, 0.15) is 99.4 Å². The van der Waals surface area contributed by atoms with Gasteiger partial charge >= 0.3 is 21.7 Å². The van der Waals surface area contributed by atoms with Crippen molar-refractivity contribution in [1.82, 2.24) is 0 Å². The zero-order chi connectivity index (χ0) is 47.4. The molecule has 74 heavy (non-hydrogen) atoms. The molecule has 0 bridgehead atoms. The monoisotopic (exact) mass is 1070 g/mol. The summed E-state index contributed by atoms with van der Waals surface area (Å²) < 4.78 is 0. The summed E-state index contributed by atoms with van der Waals surface area (Å²) in [7, 11) is -3.26. The number of unbranched alkanes of at least 4 members (excludes halogenated alkanes) is 1. The van der Waals surface area contributed by atoms with Crippen molar-refractivity contribution in [1.29, 1.82) is 0 Å². The molecule has 368 valence electrons. The third-order valence-electron chi connectivity index (χ3n) is 14.1. The number of benzene rings is 9. The van der Waals surface area contributed by atoms with Gasteiger partial charge in [-0.15, -0.1) is 6.42 Å². The van der Waals surface area contributed by atoms with Crippen LogP contribution < -0.4 is 52.8 Å². The summed E-state index contributed by atoms with van der Waals surface area (Å²) in [6, 6.07) is 89.9. The standard InChI is InChI=1S/C69H63Si.3ClH.Ti/c1-2-3-35-65-36-22-37-69(65)70(66-47-59(38-53-23-10-4-11-24-53)44-60(48-66)39-54-25-12-5-13-26-54,67-49-61(40-55-27-14-6-15-28-55)45-62(50-67)41-56-29-16-7-17-30-56)68-51-63(42-57-31-18-8-19-32-57)46-64(52-68)43-58-33-20-9-21-34-58;;;;/h4-21,23-34,36,44-52H,2-3,22,35,38-43H2,1H3;3*1H;/q-1;;;;+4/p-3. The van der Waals surface area contributed by atoms with Gasteiger partial charge in [-0.3, -0.25) is 6.08 Å². The Hall–Kier alpha value is -5.74. The number of hydrogen-bond donors (Lipinski definition) is 0. The molecular weight excluding hydrogens is 1010 g/mol. The van der Waals surface area contributed by atoms with E-state index in [2.05, 4.69) is 256 Å². The van der Waals surface area contributed by atoms with Crippen molar-refractivity contribution >= 4 is 23.6 Å². The van der Waals surface area contributed by atoms with Crippen molar-refractivity contribution in [3.05, 3.63) is 326 Å². The number of halogens is 3. The molecule has 1 aliphatic carbocycles. The molecule has 0 radical (unpaired) electrons. The van der Waals surface area contributed by atoms with E-state index in [9.17, 15) is 0 Å². The maximum atomic E-state index is 4.25. The first-order chi connectivity index (χ1) is 34.6. The Kier molecular flexibility index (Phi) is 22.0. The molecule has 0 saturated heterocycles. The molecule has 0 amide bonds. The van der Waals surface area contributed by atoms with Crippen LogP contribution in [-0.2, 0) is 60.2 Å². The van der Waals surface area contributed by atoms with E-state index < -0.39 is 8.07 Å². The molecule has 9 aromatic carbocycles. The first kappa shape index (κ1) is 57.5. The van der Waals surface area contributed by atoms with Crippen molar-refractivity contribution in [2.75, 3.05) is 0 Å². The predicted molar refractivity (Wildman–Crippen MR) is 298 cm³/mol. The SMILES string of the molecule is CCCCC1=CC[C-]=C1[Si](c1cc(Cc2ccccc2)cc(Cc2ccccc2)c1)(c1cc(Cc2ccccc2)cc(Cc2ccccc2)c1)c1cc(Cc2ccccc2)cc(Cc2ccccc2)c1.[Cl-].[Cl-].[Cl-].[Ti+4]. The summed E-state index contributed by atoms with van der Waals surface area (Å²) in [5, 5.41) is 5.80. The largest absolute Gasteiger partial charge is 4.00 e. The fraction of sp³-hybridized carbons (Fsp3) is 0.159. The van der Waals surface area contributed by atoms with Gasteiger partial charge < -0.3 is 37.2 Å². The zero-order valence-electron chi connectivity index (χ0n) is 42.3. The third-order valence-corrected chi connectivity index (χ3v) is 18.8. The average Bonchev–Trinajstić information content (AvgIpc) is 3.86. The molecule has 5 heteroatoms. The topological polar surface area (TPSA) is 0 Å². The second kappa shape index (κ2) is 28.2. The van der Waals surface area contributed by atoms with Crippen LogP contribution >= 0.6 is 0 Å². The molecule has 9 aromatic rings. The van der Waals surface area contributed by atoms with E-state index in [1.54, 1.807) is 0 Å². The van der Waals surface area contributed by atoms with E-state index in [0.717, 1.165) is 64.2 Å². The van der Waals surface area contributed by atoms with E-state index in [4.69, 9.17) is 0 Å². The van der Waals surface area contributed by atoms with Crippen molar-refractivity contribution in [2.45, 2.75) is 71.1 Å². The molecule has 0 aromatic heterocycles. The van der Waals surface area contributed by atoms with Gasteiger partial charge in [0.1, 0.15) is 8.07 Å². The Morgan fingerprint density at radius 1 is 0.338 bits per heavy atom. The quantitative estimate of drug-likeness (QED) is 0.0571. The average molecular weight is 1070 g/mol. The van der Waals surface area contributed by atoms with Crippen LogP contribution in [0.5, 0.6) is 0 Å². The van der Waals surface area contributed by atoms with Gasteiger partial charge in [0.15, 0.2) is 0 Å². The van der Waals surface area contributed by atoms with Crippen LogP contribution in [0.2, 0.25) is 0 Å². The van der Waals surface area contributed by atoms with E-state index in [1.165, 1.54) is 93.1 Å². The van der Waals surface area contributed by atoms with E-state index in [0.29, 0.717) is 0 Å². The van der Waals surface area contributed by atoms with Crippen LogP contribution in [0.4, 0.5) is 0 Å². The molecule has 0 aliphatic heterocycles. The molecular formula is C69H63Cl3SiTi. The summed E-state index contributed by atoms with van der Waals surface area (Å²) in [4.78, 5) is 0. The van der Waals surface area contributed by atoms with Crippen LogP contribution in [0.25, 0.3) is 0 Å². The zero-order valence-corrected chi connectivity index (χ0v) is 47.1. The van der Waals surface area contributed by atoms with Gasteiger partial charge in [0, 0.05) is 0 Å². The Balaban J connectivity index is 0.00000223. The predicted octanol–water partition coefficient (Wildman–Crippen LogP) is 5.50. The number of rotatable bonds is 19. The molecule has 0 nitrogen and oxygen atoms in total. The minimum absolute atomic E-state index is 0. The summed E-state index contributed by atoms with van der Waals surface area (Å²) in [6.45, 7) is 2.34. The van der Waals surface area contributed by atoms with Crippen LogP contribution in [-0.4, -0.2) is 8.07 Å². The Bertz CT molecular complexity index is 2700.